The number of allylic oxidation sites excluding steroid dienone is 4. The fourth-order valence-electron chi connectivity index (χ4n) is 2.66. The Hall–Kier alpha value is -2.37. The van der Waals surface area contributed by atoms with Gasteiger partial charge < -0.3 is 15.2 Å². The van der Waals surface area contributed by atoms with E-state index < -0.39 is 0 Å². The molecule has 1 unspecified atom stereocenters. The average Bonchev–Trinajstić information content (AvgIpc) is 3.17. The van der Waals surface area contributed by atoms with E-state index in [2.05, 4.69) is 40.1 Å². The van der Waals surface area contributed by atoms with Gasteiger partial charge in [-0.25, -0.2) is 0 Å². The molecule has 0 aliphatic heterocycles. The van der Waals surface area contributed by atoms with Gasteiger partial charge in [-0.1, -0.05) is 47.1 Å². The second kappa shape index (κ2) is 8.65. The number of benzene rings is 1. The number of hydrogen-bond acceptors (Lipinski definition) is 4. The molecule has 0 radical (unpaired) electrons. The molecular weight excluding hydrogens is 338 g/mol. The zero-order valence-electron chi connectivity index (χ0n) is 13.7. The van der Waals surface area contributed by atoms with Crippen molar-refractivity contribution in [3.63, 3.8) is 0 Å². The van der Waals surface area contributed by atoms with Gasteiger partial charge in [-0.3, -0.25) is 4.79 Å². The Morgan fingerprint density at radius 1 is 1.32 bits per heavy atom. The van der Waals surface area contributed by atoms with E-state index in [0.717, 1.165) is 24.9 Å². The topological polar surface area (TPSA) is 67.2 Å². The van der Waals surface area contributed by atoms with Crippen LogP contribution in [0.15, 0.2) is 59.3 Å². The van der Waals surface area contributed by atoms with Crippen LogP contribution in [0.5, 0.6) is 0 Å². The van der Waals surface area contributed by atoms with Gasteiger partial charge >= 0.3 is 0 Å². The van der Waals surface area contributed by atoms with E-state index in [0.29, 0.717) is 23.2 Å². The molecule has 5 nitrogen and oxygen atoms in total. The van der Waals surface area contributed by atoms with Crippen LogP contribution in [0.2, 0.25) is 5.02 Å². The van der Waals surface area contributed by atoms with Crippen molar-refractivity contribution in [2.75, 3.05) is 11.9 Å². The maximum Gasteiger partial charge on any atom is 0.294 e. The van der Waals surface area contributed by atoms with Crippen LogP contribution >= 0.6 is 11.6 Å². The lowest BCUT2D eigenvalue weighted by Crippen LogP contribution is -2.18. The Morgan fingerprint density at radius 3 is 3.00 bits per heavy atom. The van der Waals surface area contributed by atoms with Crippen molar-refractivity contribution in [1.82, 2.24) is 10.5 Å². The summed E-state index contributed by atoms with van der Waals surface area (Å²) in [5.74, 6) is 0.385. The number of rotatable bonds is 7. The number of hydrogen-bond donors (Lipinski definition) is 2. The maximum absolute atomic E-state index is 12.0. The summed E-state index contributed by atoms with van der Waals surface area (Å²) in [5, 5.41) is 10.2. The summed E-state index contributed by atoms with van der Waals surface area (Å²) in [6.07, 6.45) is 12.3. The van der Waals surface area contributed by atoms with Crippen molar-refractivity contribution >= 4 is 23.2 Å². The molecule has 25 heavy (non-hydrogen) atoms. The summed E-state index contributed by atoms with van der Waals surface area (Å²) < 4.78 is 4.85. The van der Waals surface area contributed by atoms with Crippen LogP contribution in [0.1, 0.15) is 29.0 Å². The van der Waals surface area contributed by atoms with Gasteiger partial charge in [0.25, 0.3) is 5.91 Å². The summed E-state index contributed by atoms with van der Waals surface area (Å²) in [6, 6.07) is 7.10. The molecule has 1 atom stereocenters. The van der Waals surface area contributed by atoms with Gasteiger partial charge in [-0.15, -0.1) is 0 Å². The first kappa shape index (κ1) is 17.5. The van der Waals surface area contributed by atoms with Gasteiger partial charge in [0.05, 0.1) is 16.9 Å². The highest BCUT2D eigenvalue weighted by atomic mass is 35.5. The normalized spacial score (nSPS) is 16.1. The first-order valence-corrected chi connectivity index (χ1v) is 8.64. The molecule has 1 aromatic heterocycles. The van der Waals surface area contributed by atoms with Gasteiger partial charge in [0.15, 0.2) is 0 Å². The summed E-state index contributed by atoms with van der Waals surface area (Å²) in [7, 11) is 0. The third kappa shape index (κ3) is 5.05. The van der Waals surface area contributed by atoms with Crippen LogP contribution in [0, 0.1) is 5.92 Å². The van der Waals surface area contributed by atoms with Crippen molar-refractivity contribution in [1.29, 1.82) is 0 Å². The van der Waals surface area contributed by atoms with Crippen LogP contribution in [0.4, 0.5) is 5.69 Å². The molecule has 0 saturated carbocycles. The van der Waals surface area contributed by atoms with Gasteiger partial charge in [0.1, 0.15) is 0 Å². The molecule has 0 fully saturated rings. The molecule has 1 amide bonds. The Balaban J connectivity index is 1.51. The lowest BCUT2D eigenvalue weighted by Gasteiger charge is -2.13. The number of amides is 1. The highest BCUT2D eigenvalue weighted by Crippen LogP contribution is 2.24. The molecular formula is C19H20ClN3O2. The Kier molecular flexibility index (Phi) is 6.04. The lowest BCUT2D eigenvalue weighted by molar-refractivity contribution is 0.0988. The molecule has 130 valence electrons. The third-order valence-corrected chi connectivity index (χ3v) is 4.36. The molecule has 0 spiro atoms. The van der Waals surface area contributed by atoms with Crippen LogP contribution in [-0.4, -0.2) is 17.6 Å². The summed E-state index contributed by atoms with van der Waals surface area (Å²) in [4.78, 5) is 12.0. The summed E-state index contributed by atoms with van der Waals surface area (Å²) in [5.41, 5.74) is 1.61. The molecule has 3 rings (SSSR count). The number of nitrogens with zero attached hydrogens (tertiary/aromatic N) is 1. The number of carbonyl (C=O) groups excluding carboxylic acids is 1. The van der Waals surface area contributed by atoms with Crippen LogP contribution in [0.25, 0.3) is 0 Å². The minimum atomic E-state index is -0.373. The van der Waals surface area contributed by atoms with Gasteiger partial charge in [0, 0.05) is 12.6 Å². The Morgan fingerprint density at radius 2 is 2.24 bits per heavy atom. The monoisotopic (exact) mass is 357 g/mol. The van der Waals surface area contributed by atoms with E-state index in [1.54, 1.807) is 6.07 Å². The zero-order chi connectivity index (χ0) is 17.5. The molecule has 6 heteroatoms. The molecule has 2 N–H and O–H groups in total. The van der Waals surface area contributed by atoms with E-state index in [4.69, 9.17) is 16.1 Å². The van der Waals surface area contributed by atoms with E-state index in [9.17, 15) is 4.79 Å². The quantitative estimate of drug-likeness (QED) is 0.729. The smallest absolute Gasteiger partial charge is 0.294 e. The number of aromatic nitrogens is 1. The maximum atomic E-state index is 12.0. The lowest BCUT2D eigenvalue weighted by atomic mass is 9.97. The van der Waals surface area contributed by atoms with Crippen LogP contribution < -0.4 is 10.6 Å². The highest BCUT2D eigenvalue weighted by Gasteiger charge is 2.12. The van der Waals surface area contributed by atoms with Crippen LogP contribution in [0.3, 0.4) is 0 Å². The fraction of sp³-hybridized carbons (Fsp3) is 0.263. The fourth-order valence-corrected chi connectivity index (χ4v) is 2.83. The van der Waals surface area contributed by atoms with Crippen molar-refractivity contribution < 1.29 is 9.32 Å². The van der Waals surface area contributed by atoms with Crippen molar-refractivity contribution in [3.05, 3.63) is 71.1 Å². The Bertz CT molecular complexity index is 769. The third-order valence-electron chi connectivity index (χ3n) is 4.03. The van der Waals surface area contributed by atoms with Crippen molar-refractivity contribution in [2.45, 2.75) is 19.4 Å². The molecule has 1 aliphatic rings. The number of anilines is 1. The van der Waals surface area contributed by atoms with Crippen molar-refractivity contribution in [2.24, 2.45) is 5.92 Å². The van der Waals surface area contributed by atoms with E-state index in [1.165, 1.54) is 12.3 Å². The molecule has 1 aliphatic carbocycles. The molecule has 1 heterocycles. The zero-order valence-corrected chi connectivity index (χ0v) is 14.5. The van der Waals surface area contributed by atoms with Crippen LogP contribution in [-0.2, 0) is 6.54 Å². The first-order valence-electron chi connectivity index (χ1n) is 8.27. The highest BCUT2D eigenvalue weighted by molar-refractivity contribution is 6.33. The van der Waals surface area contributed by atoms with E-state index in [1.807, 2.05) is 12.1 Å². The minimum absolute atomic E-state index is 0.147. The van der Waals surface area contributed by atoms with Gasteiger partial charge in [-0.05, 0) is 43.0 Å². The SMILES string of the molecule is O=C(Nc1cc(CNCCC2C=CC=CC2)ccc1Cl)c1ccno1. The Labute approximate surface area is 151 Å². The predicted octanol–water partition coefficient (Wildman–Crippen LogP) is 4.19. The summed E-state index contributed by atoms with van der Waals surface area (Å²) in [6.45, 7) is 1.65. The molecule has 1 aromatic carbocycles. The summed E-state index contributed by atoms with van der Waals surface area (Å²) >= 11 is 6.17. The predicted molar refractivity (Wildman–Crippen MR) is 98.6 cm³/mol. The molecule has 0 saturated heterocycles. The second-order valence-electron chi connectivity index (χ2n) is 5.92. The number of halogens is 1. The largest absolute Gasteiger partial charge is 0.351 e. The van der Waals surface area contributed by atoms with E-state index >= 15 is 0 Å². The van der Waals surface area contributed by atoms with Gasteiger partial charge in [0.2, 0.25) is 5.76 Å². The standard InChI is InChI=1S/C19H20ClN3O2/c20-16-7-6-15(13-21-10-8-14-4-2-1-3-5-14)12-17(16)23-19(24)18-9-11-22-25-18/h1-4,6-7,9,11-12,14,21H,5,8,10,13H2,(H,23,24). The van der Waals surface area contributed by atoms with E-state index in [-0.39, 0.29) is 11.7 Å². The average molecular weight is 358 g/mol. The molecule has 0 bridgehead atoms. The number of nitrogens with one attached hydrogen (secondary N) is 2. The van der Waals surface area contributed by atoms with Gasteiger partial charge in [-0.2, -0.15) is 0 Å². The first-order chi connectivity index (χ1) is 12.2. The molecule has 2 aromatic rings. The second-order valence-corrected chi connectivity index (χ2v) is 6.33. The number of carbonyl (C=O) groups is 1. The van der Waals surface area contributed by atoms with Crippen molar-refractivity contribution in [3.8, 4) is 0 Å². The minimum Gasteiger partial charge on any atom is -0.351 e.